The van der Waals surface area contributed by atoms with Crippen LogP contribution in [-0.2, 0) is 14.3 Å². The van der Waals surface area contributed by atoms with E-state index in [-0.39, 0.29) is 6.42 Å². The Hall–Kier alpha value is -2.16. The van der Waals surface area contributed by atoms with E-state index < -0.39 is 18.0 Å². The molecule has 2 aromatic heterocycles. The van der Waals surface area contributed by atoms with Crippen molar-refractivity contribution in [1.29, 1.82) is 0 Å². The Morgan fingerprint density at radius 3 is 2.95 bits per heavy atom. The normalized spacial score (nSPS) is 12.2. The Balaban J connectivity index is 1.85. The Morgan fingerprint density at radius 1 is 1.43 bits per heavy atom. The van der Waals surface area contributed by atoms with Crippen LogP contribution in [0.15, 0.2) is 17.7 Å². The molecule has 0 saturated carbocycles. The van der Waals surface area contributed by atoms with Gasteiger partial charge in [-0.2, -0.15) is 0 Å². The lowest BCUT2D eigenvalue weighted by Crippen LogP contribution is -2.26. The number of carboxylic acids is 1. The molecule has 112 valence electrons. The molecule has 0 saturated heterocycles. The maximum absolute atomic E-state index is 10.9. The molecule has 2 rings (SSSR count). The van der Waals surface area contributed by atoms with E-state index in [2.05, 4.69) is 19.9 Å². The average Bonchev–Trinajstić information content (AvgIpc) is 2.90. The van der Waals surface area contributed by atoms with Crippen molar-refractivity contribution in [2.75, 3.05) is 5.75 Å². The Kier molecular flexibility index (Phi) is 5.09. The number of thioether (sulfide) groups is 1. The fourth-order valence-corrected chi connectivity index (χ4v) is 2.64. The van der Waals surface area contributed by atoms with Crippen LogP contribution in [0.25, 0.3) is 11.2 Å². The first-order valence-electron chi connectivity index (χ1n) is 6.25. The number of H-pyrrole nitrogens is 1. The number of ether oxygens (including phenoxy) is 1. The molecule has 1 unspecified atom stereocenters. The van der Waals surface area contributed by atoms with E-state index in [0.717, 1.165) is 10.5 Å². The maximum atomic E-state index is 10.9. The molecule has 0 aliphatic carbocycles. The van der Waals surface area contributed by atoms with Crippen LogP contribution in [0.5, 0.6) is 0 Å². The lowest BCUT2D eigenvalue weighted by Gasteiger charge is -2.11. The minimum absolute atomic E-state index is 0.263. The molecule has 0 radical (unpaired) electrons. The van der Waals surface area contributed by atoms with Gasteiger partial charge in [-0.15, -0.1) is 11.8 Å². The van der Waals surface area contributed by atoms with Crippen LogP contribution in [0.2, 0.25) is 0 Å². The van der Waals surface area contributed by atoms with E-state index in [9.17, 15) is 9.59 Å². The second-order valence-corrected chi connectivity index (χ2v) is 5.29. The van der Waals surface area contributed by atoms with Crippen LogP contribution in [0.3, 0.4) is 0 Å². The number of rotatable bonds is 7. The number of aromatic amines is 1. The van der Waals surface area contributed by atoms with Crippen molar-refractivity contribution in [3.63, 3.8) is 0 Å². The lowest BCUT2D eigenvalue weighted by molar-refractivity contribution is -0.162. The van der Waals surface area contributed by atoms with Crippen molar-refractivity contribution >= 4 is 34.9 Å². The first kappa shape index (κ1) is 15.2. The van der Waals surface area contributed by atoms with Gasteiger partial charge in [0.1, 0.15) is 16.9 Å². The minimum atomic E-state index is -1.13. The Bertz CT molecular complexity index is 645. The Morgan fingerprint density at radius 2 is 2.24 bits per heavy atom. The van der Waals surface area contributed by atoms with Gasteiger partial charge in [-0.1, -0.05) is 0 Å². The lowest BCUT2D eigenvalue weighted by atomic mass is 10.2. The molecule has 8 nitrogen and oxygen atoms in total. The highest BCUT2D eigenvalue weighted by Crippen LogP contribution is 2.23. The van der Waals surface area contributed by atoms with E-state index in [4.69, 9.17) is 9.84 Å². The molecule has 2 heterocycles. The summed E-state index contributed by atoms with van der Waals surface area (Å²) in [5, 5.41) is 9.70. The smallest absolute Gasteiger partial charge is 0.345 e. The summed E-state index contributed by atoms with van der Waals surface area (Å²) in [4.78, 5) is 36.9. The second kappa shape index (κ2) is 7.02. The third-order valence-electron chi connectivity index (χ3n) is 2.62. The third-order valence-corrected chi connectivity index (χ3v) is 3.70. The molecular weight excluding hydrogens is 296 g/mol. The highest BCUT2D eigenvalue weighted by molar-refractivity contribution is 7.99. The Labute approximate surface area is 124 Å². The number of nitrogens with zero attached hydrogens (tertiary/aromatic N) is 3. The number of hydrogen-bond donors (Lipinski definition) is 2. The van der Waals surface area contributed by atoms with Crippen LogP contribution < -0.4 is 0 Å². The summed E-state index contributed by atoms with van der Waals surface area (Å²) >= 11 is 1.47. The van der Waals surface area contributed by atoms with Crippen LogP contribution in [-0.4, -0.2) is 48.8 Å². The molecule has 9 heteroatoms. The molecule has 2 aromatic rings. The summed E-state index contributed by atoms with van der Waals surface area (Å²) in [6.07, 6.45) is 2.73. The van der Waals surface area contributed by atoms with E-state index in [1.807, 2.05) is 0 Å². The molecule has 0 bridgehead atoms. The highest BCUT2D eigenvalue weighted by atomic mass is 32.2. The van der Waals surface area contributed by atoms with Gasteiger partial charge in [-0.05, 0) is 18.6 Å². The van der Waals surface area contributed by atoms with Crippen LogP contribution in [0, 0.1) is 0 Å². The molecular formula is C12H14N4O4S. The number of aromatic nitrogens is 4. The van der Waals surface area contributed by atoms with Gasteiger partial charge in [0.25, 0.3) is 0 Å². The number of fused-ring (bicyclic) bond motifs is 1. The molecule has 21 heavy (non-hydrogen) atoms. The molecule has 0 spiro atoms. The molecule has 0 aliphatic rings. The molecule has 0 aromatic carbocycles. The highest BCUT2D eigenvalue weighted by Gasteiger charge is 2.20. The van der Waals surface area contributed by atoms with Crippen molar-refractivity contribution in [3.05, 3.63) is 12.7 Å². The predicted octanol–water partition coefficient (Wildman–Crippen LogP) is 1.24. The summed E-state index contributed by atoms with van der Waals surface area (Å²) < 4.78 is 4.73. The van der Waals surface area contributed by atoms with Crippen LogP contribution >= 0.6 is 11.8 Å². The van der Waals surface area contributed by atoms with E-state index >= 15 is 0 Å². The fourth-order valence-electron chi connectivity index (χ4n) is 1.72. The van der Waals surface area contributed by atoms with Gasteiger partial charge in [0.2, 0.25) is 0 Å². The van der Waals surface area contributed by atoms with Gasteiger partial charge in [0.05, 0.1) is 6.33 Å². The van der Waals surface area contributed by atoms with Gasteiger partial charge >= 0.3 is 11.9 Å². The monoisotopic (exact) mass is 310 g/mol. The van der Waals surface area contributed by atoms with E-state index in [1.54, 1.807) is 6.33 Å². The van der Waals surface area contributed by atoms with Crippen LogP contribution in [0.4, 0.5) is 0 Å². The third kappa shape index (κ3) is 4.15. The summed E-state index contributed by atoms with van der Waals surface area (Å²) in [6.45, 7) is 1.19. The molecule has 0 aliphatic heterocycles. The summed E-state index contributed by atoms with van der Waals surface area (Å²) in [5.74, 6) is -1.07. The van der Waals surface area contributed by atoms with Gasteiger partial charge in [0.15, 0.2) is 11.8 Å². The zero-order chi connectivity index (χ0) is 15.2. The summed E-state index contributed by atoms with van der Waals surface area (Å²) in [7, 11) is 0. The zero-order valence-electron chi connectivity index (χ0n) is 11.3. The maximum Gasteiger partial charge on any atom is 0.345 e. The first-order chi connectivity index (χ1) is 10.1. The number of carboxylic acid groups (broad SMARTS) is 1. The second-order valence-electron chi connectivity index (χ2n) is 4.21. The number of hydrogen-bond acceptors (Lipinski definition) is 7. The SMILES string of the molecule is CC(=O)OC(CCCSc1ncnc2nc[nH]c12)C(=O)O. The topological polar surface area (TPSA) is 118 Å². The van der Waals surface area contributed by atoms with E-state index in [1.165, 1.54) is 25.0 Å². The largest absolute Gasteiger partial charge is 0.479 e. The number of imidazole rings is 1. The number of carbonyl (C=O) groups is 2. The van der Waals surface area contributed by atoms with Gasteiger partial charge in [-0.3, -0.25) is 4.79 Å². The van der Waals surface area contributed by atoms with E-state index in [0.29, 0.717) is 17.8 Å². The molecule has 0 amide bonds. The minimum Gasteiger partial charge on any atom is -0.479 e. The van der Waals surface area contributed by atoms with Crippen molar-refractivity contribution in [2.24, 2.45) is 0 Å². The van der Waals surface area contributed by atoms with Crippen LogP contribution in [0.1, 0.15) is 19.8 Å². The summed E-state index contributed by atoms with van der Waals surface area (Å²) in [6, 6.07) is 0. The van der Waals surface area contributed by atoms with Crippen molar-refractivity contribution in [1.82, 2.24) is 19.9 Å². The fraction of sp³-hybridized carbons (Fsp3) is 0.417. The number of esters is 1. The first-order valence-corrected chi connectivity index (χ1v) is 7.23. The average molecular weight is 310 g/mol. The summed E-state index contributed by atoms with van der Waals surface area (Å²) in [5.41, 5.74) is 1.35. The molecule has 2 N–H and O–H groups in total. The van der Waals surface area contributed by atoms with Crippen molar-refractivity contribution in [2.45, 2.75) is 30.9 Å². The standard InChI is InChI=1S/C12H14N4O4S/c1-7(17)20-8(12(18)19)3-2-4-21-11-9-10(14-5-13-9)15-6-16-11/h5-6,8H,2-4H2,1H3,(H,18,19)(H,13,14,15,16). The van der Waals surface area contributed by atoms with Gasteiger partial charge in [-0.25, -0.2) is 19.7 Å². The molecule has 1 atom stereocenters. The number of carbonyl (C=O) groups excluding carboxylic acids is 1. The predicted molar refractivity (Wildman–Crippen MR) is 74.8 cm³/mol. The van der Waals surface area contributed by atoms with Gasteiger partial charge < -0.3 is 14.8 Å². The van der Waals surface area contributed by atoms with Crippen molar-refractivity contribution < 1.29 is 19.4 Å². The quantitative estimate of drug-likeness (QED) is 0.339. The van der Waals surface area contributed by atoms with Crippen molar-refractivity contribution in [3.8, 4) is 0 Å². The molecule has 0 fully saturated rings. The zero-order valence-corrected chi connectivity index (χ0v) is 12.1. The van der Waals surface area contributed by atoms with Gasteiger partial charge in [0, 0.05) is 6.92 Å². The number of nitrogens with one attached hydrogen (secondary N) is 1. The number of aliphatic carboxylic acids is 1.